The summed E-state index contributed by atoms with van der Waals surface area (Å²) in [5, 5.41) is 5.96. The van der Waals surface area contributed by atoms with E-state index in [1.807, 2.05) is 0 Å². The molecule has 3 heterocycles. The van der Waals surface area contributed by atoms with Crippen LogP contribution in [0.4, 0.5) is 21.7 Å². The second-order valence-electron chi connectivity index (χ2n) is 6.91. The van der Waals surface area contributed by atoms with Gasteiger partial charge in [-0.25, -0.2) is 22.8 Å². The molecule has 0 radical (unpaired) electrons. The molecule has 1 aliphatic heterocycles. The van der Waals surface area contributed by atoms with Gasteiger partial charge in [0.25, 0.3) is 5.91 Å². The largest absolute Gasteiger partial charge is 0.355 e. The Morgan fingerprint density at radius 1 is 1.23 bits per heavy atom. The van der Waals surface area contributed by atoms with Crippen LogP contribution in [-0.4, -0.2) is 42.1 Å². The van der Waals surface area contributed by atoms with Crippen LogP contribution in [-0.2, 0) is 16.4 Å². The lowest BCUT2D eigenvalue weighted by Gasteiger charge is -2.16. The van der Waals surface area contributed by atoms with Crippen LogP contribution in [0, 0.1) is 12.7 Å². The Morgan fingerprint density at radius 3 is 2.80 bits per heavy atom. The van der Waals surface area contributed by atoms with Crippen molar-refractivity contribution in [1.82, 2.24) is 20.3 Å². The summed E-state index contributed by atoms with van der Waals surface area (Å²) < 4.78 is 39.3. The van der Waals surface area contributed by atoms with E-state index < -0.39 is 10.0 Å². The second kappa shape index (κ2) is 7.41. The van der Waals surface area contributed by atoms with Crippen molar-refractivity contribution in [2.24, 2.45) is 0 Å². The van der Waals surface area contributed by atoms with Crippen molar-refractivity contribution in [3.8, 4) is 11.4 Å². The molecule has 1 aromatic carbocycles. The molecule has 0 aliphatic carbocycles. The normalized spacial score (nSPS) is 13.5. The van der Waals surface area contributed by atoms with Gasteiger partial charge in [0.1, 0.15) is 5.82 Å². The van der Waals surface area contributed by atoms with Crippen LogP contribution in [0.3, 0.4) is 0 Å². The van der Waals surface area contributed by atoms with E-state index in [9.17, 15) is 17.6 Å². The Balaban J connectivity index is 1.86. The maximum atomic E-state index is 14.0. The van der Waals surface area contributed by atoms with Gasteiger partial charge >= 0.3 is 0 Å². The van der Waals surface area contributed by atoms with Crippen LogP contribution in [0.2, 0.25) is 0 Å². The van der Waals surface area contributed by atoms with Crippen molar-refractivity contribution < 1.29 is 17.6 Å². The minimum absolute atomic E-state index is 0.0973. The van der Waals surface area contributed by atoms with E-state index in [1.165, 1.54) is 12.3 Å². The van der Waals surface area contributed by atoms with Crippen molar-refractivity contribution in [3.05, 3.63) is 53.1 Å². The fraction of sp³-hybridized carbons (Fsp3) is 0.211. The number of carbonyl (C=O) groups excluding carboxylic acids is 1. The van der Waals surface area contributed by atoms with Gasteiger partial charge in [0.05, 0.1) is 28.9 Å². The summed E-state index contributed by atoms with van der Waals surface area (Å²) in [5.41, 5.74) is 3.30. The maximum absolute atomic E-state index is 14.0. The van der Waals surface area contributed by atoms with Crippen LogP contribution < -0.4 is 15.4 Å². The van der Waals surface area contributed by atoms with E-state index in [4.69, 9.17) is 0 Å². The number of aromatic nitrogens is 3. The number of nitrogens with one attached hydrogen (secondary N) is 4. The molecule has 0 atom stereocenters. The summed E-state index contributed by atoms with van der Waals surface area (Å²) >= 11 is 0. The molecule has 0 unspecified atom stereocenters. The number of rotatable bonds is 5. The van der Waals surface area contributed by atoms with Gasteiger partial charge in [-0.15, -0.1) is 0 Å². The Bertz CT molecular complexity index is 1260. The number of benzene rings is 1. The highest BCUT2D eigenvalue weighted by Crippen LogP contribution is 2.37. The predicted molar refractivity (Wildman–Crippen MR) is 111 cm³/mol. The summed E-state index contributed by atoms with van der Waals surface area (Å²) in [6.45, 7) is 2.12. The number of nitrogens with zero attached hydrogens (tertiary/aromatic N) is 2. The number of anilines is 3. The van der Waals surface area contributed by atoms with Crippen molar-refractivity contribution in [1.29, 1.82) is 0 Å². The number of H-pyrrole nitrogens is 1. The fourth-order valence-corrected chi connectivity index (χ4v) is 3.72. The Hall–Kier alpha value is -3.47. The molecule has 9 nitrogen and oxygen atoms in total. The number of amides is 1. The van der Waals surface area contributed by atoms with Crippen LogP contribution in [0.1, 0.15) is 21.6 Å². The predicted octanol–water partition coefficient (Wildman–Crippen LogP) is 2.32. The third-order valence-corrected chi connectivity index (χ3v) is 5.23. The quantitative estimate of drug-likeness (QED) is 0.492. The highest BCUT2D eigenvalue weighted by molar-refractivity contribution is 7.91. The summed E-state index contributed by atoms with van der Waals surface area (Å²) in [6.07, 6.45) is 2.99. The molecular weight excluding hydrogens is 411 g/mol. The second-order valence-corrected chi connectivity index (χ2v) is 8.66. The molecule has 30 heavy (non-hydrogen) atoms. The van der Waals surface area contributed by atoms with Crippen LogP contribution in [0.25, 0.3) is 11.4 Å². The number of sulfonamides is 1. The van der Waals surface area contributed by atoms with E-state index in [0.717, 1.165) is 6.26 Å². The highest BCUT2D eigenvalue weighted by Gasteiger charge is 2.28. The molecule has 4 rings (SSSR count). The molecule has 11 heteroatoms. The van der Waals surface area contributed by atoms with Crippen LogP contribution >= 0.6 is 0 Å². The average molecular weight is 430 g/mol. The van der Waals surface area contributed by atoms with E-state index in [0.29, 0.717) is 52.5 Å². The molecule has 0 saturated heterocycles. The molecule has 2 aromatic heterocycles. The standard InChI is InChI=1S/C19H19FN6O3S/c1-10-11(20)4-3-5-12(10)23-17-15-13(6-8-21-18(15)27)24-16(17)14-7-9-22-19(25-14)26-30(2,28)29/h3-5,7,9,23-24H,6,8H2,1-2H3,(H,21,27)(H,22,25,26). The van der Waals surface area contributed by atoms with Gasteiger partial charge in [-0.05, 0) is 25.1 Å². The number of halogens is 1. The van der Waals surface area contributed by atoms with E-state index >= 15 is 0 Å². The molecule has 1 aliphatic rings. The van der Waals surface area contributed by atoms with Gasteiger partial charge in [0.2, 0.25) is 16.0 Å². The zero-order valence-corrected chi connectivity index (χ0v) is 17.0. The van der Waals surface area contributed by atoms with E-state index in [2.05, 4.69) is 30.3 Å². The summed E-state index contributed by atoms with van der Waals surface area (Å²) in [6, 6.07) is 6.22. The Labute approximate surface area is 172 Å². The lowest BCUT2D eigenvalue weighted by atomic mass is 10.1. The molecule has 0 saturated carbocycles. The number of carbonyl (C=O) groups is 1. The molecular formula is C19H19FN6O3S. The summed E-state index contributed by atoms with van der Waals surface area (Å²) in [4.78, 5) is 24.0. The first-order valence-corrected chi connectivity index (χ1v) is 11.0. The van der Waals surface area contributed by atoms with Gasteiger partial charge in [0, 0.05) is 36.1 Å². The Kier molecular flexibility index (Phi) is 4.90. The van der Waals surface area contributed by atoms with Gasteiger partial charge < -0.3 is 15.6 Å². The smallest absolute Gasteiger partial charge is 0.255 e. The highest BCUT2D eigenvalue weighted by atomic mass is 32.2. The average Bonchev–Trinajstić information content (AvgIpc) is 3.04. The molecule has 3 aromatic rings. The first kappa shape index (κ1) is 19.8. The zero-order chi connectivity index (χ0) is 21.5. The Morgan fingerprint density at radius 2 is 2.03 bits per heavy atom. The molecule has 4 N–H and O–H groups in total. The van der Waals surface area contributed by atoms with Crippen molar-refractivity contribution in [2.45, 2.75) is 13.3 Å². The lowest BCUT2D eigenvalue weighted by Crippen LogP contribution is -2.31. The van der Waals surface area contributed by atoms with E-state index in [1.54, 1.807) is 25.1 Å². The van der Waals surface area contributed by atoms with Crippen LogP contribution in [0.15, 0.2) is 30.5 Å². The minimum atomic E-state index is -3.56. The first-order chi connectivity index (χ1) is 14.2. The first-order valence-electron chi connectivity index (χ1n) is 9.09. The summed E-state index contributed by atoms with van der Waals surface area (Å²) in [5.74, 6) is -0.740. The van der Waals surface area contributed by atoms with Gasteiger partial charge in [-0.3, -0.25) is 9.52 Å². The van der Waals surface area contributed by atoms with Crippen LogP contribution in [0.5, 0.6) is 0 Å². The number of hydrogen-bond donors (Lipinski definition) is 4. The molecule has 156 valence electrons. The molecule has 0 bridgehead atoms. The fourth-order valence-electron chi connectivity index (χ4n) is 3.29. The van der Waals surface area contributed by atoms with Gasteiger partial charge in [0.15, 0.2) is 0 Å². The SMILES string of the molecule is Cc1c(F)cccc1Nc1c(-c2ccnc(NS(C)(=O)=O)n2)[nH]c2c1C(=O)NCC2. The third kappa shape index (κ3) is 3.83. The monoisotopic (exact) mass is 430 g/mol. The molecule has 1 amide bonds. The lowest BCUT2D eigenvalue weighted by molar-refractivity contribution is 0.0947. The molecule has 0 fully saturated rings. The van der Waals surface area contributed by atoms with E-state index in [-0.39, 0.29) is 17.7 Å². The number of fused-ring (bicyclic) bond motifs is 1. The van der Waals surface area contributed by atoms with Crippen molar-refractivity contribution >= 4 is 33.3 Å². The minimum Gasteiger partial charge on any atom is -0.355 e. The number of aromatic amines is 1. The van der Waals surface area contributed by atoms with Gasteiger partial charge in [-0.2, -0.15) is 0 Å². The zero-order valence-electron chi connectivity index (χ0n) is 16.2. The molecule has 0 spiro atoms. The summed E-state index contributed by atoms with van der Waals surface area (Å²) in [7, 11) is -3.56. The van der Waals surface area contributed by atoms with Crippen molar-refractivity contribution in [3.63, 3.8) is 0 Å². The van der Waals surface area contributed by atoms with Crippen molar-refractivity contribution in [2.75, 3.05) is 22.8 Å². The number of hydrogen-bond acceptors (Lipinski definition) is 6. The van der Waals surface area contributed by atoms with Gasteiger partial charge in [-0.1, -0.05) is 6.07 Å². The maximum Gasteiger partial charge on any atom is 0.255 e. The third-order valence-electron chi connectivity index (χ3n) is 4.68. The topological polar surface area (TPSA) is 129 Å².